The number of anilines is 2. The molecular formula is C27H26N6OS. The van der Waals surface area contributed by atoms with Gasteiger partial charge in [-0.15, -0.1) is 0 Å². The van der Waals surface area contributed by atoms with E-state index in [-0.39, 0.29) is 0 Å². The molecule has 3 aromatic heterocycles. The van der Waals surface area contributed by atoms with Crippen LogP contribution in [-0.2, 0) is 19.4 Å². The van der Waals surface area contributed by atoms with Crippen molar-refractivity contribution in [3.8, 4) is 11.4 Å². The maximum Gasteiger partial charge on any atom is 0.229 e. The van der Waals surface area contributed by atoms with E-state index in [9.17, 15) is 0 Å². The average Bonchev–Trinajstić information content (AvgIpc) is 3.59. The van der Waals surface area contributed by atoms with Crippen LogP contribution >= 0.6 is 11.3 Å². The van der Waals surface area contributed by atoms with E-state index in [1.165, 1.54) is 16.7 Å². The molecule has 0 unspecified atom stereocenters. The van der Waals surface area contributed by atoms with Crippen LogP contribution in [0.2, 0.25) is 0 Å². The second-order valence-electron chi connectivity index (χ2n) is 8.61. The molecule has 0 amide bonds. The summed E-state index contributed by atoms with van der Waals surface area (Å²) in [5, 5.41) is 7.72. The van der Waals surface area contributed by atoms with Gasteiger partial charge in [-0.2, -0.15) is 21.3 Å². The molecule has 6 rings (SSSR count). The van der Waals surface area contributed by atoms with Gasteiger partial charge in [-0.05, 0) is 53.1 Å². The van der Waals surface area contributed by atoms with E-state index in [1.807, 2.05) is 23.0 Å². The highest BCUT2D eigenvalue weighted by atomic mass is 32.1. The summed E-state index contributed by atoms with van der Waals surface area (Å²) in [7, 11) is 1.69. The van der Waals surface area contributed by atoms with E-state index < -0.39 is 0 Å². The molecule has 5 aromatic rings. The number of hydrogen-bond donors (Lipinski definition) is 1. The molecule has 0 radical (unpaired) electrons. The lowest BCUT2D eigenvalue weighted by molar-refractivity contribution is 0.414. The van der Waals surface area contributed by atoms with Crippen molar-refractivity contribution in [2.45, 2.75) is 19.4 Å². The molecular weight excluding hydrogens is 456 g/mol. The van der Waals surface area contributed by atoms with Crippen molar-refractivity contribution in [3.05, 3.63) is 88.4 Å². The third kappa shape index (κ3) is 4.33. The van der Waals surface area contributed by atoms with Gasteiger partial charge in [0.25, 0.3) is 0 Å². The van der Waals surface area contributed by atoms with Crippen molar-refractivity contribution in [1.82, 2.24) is 19.5 Å². The minimum absolute atomic E-state index is 0.732. The summed E-state index contributed by atoms with van der Waals surface area (Å²) < 4.78 is 7.31. The lowest BCUT2D eigenvalue weighted by Crippen LogP contribution is -2.32. The first-order chi connectivity index (χ1) is 17.3. The molecule has 0 aliphatic carbocycles. The average molecular weight is 483 g/mol. The number of imidazole rings is 1. The number of benzene rings is 2. The maximum atomic E-state index is 5.27. The topological polar surface area (TPSA) is 68.1 Å². The van der Waals surface area contributed by atoms with Crippen LogP contribution in [0.1, 0.15) is 16.7 Å². The predicted molar refractivity (Wildman–Crippen MR) is 141 cm³/mol. The molecule has 35 heavy (non-hydrogen) atoms. The smallest absolute Gasteiger partial charge is 0.229 e. The number of nitrogens with one attached hydrogen (secondary N) is 1. The van der Waals surface area contributed by atoms with Crippen LogP contribution in [0, 0.1) is 0 Å². The van der Waals surface area contributed by atoms with Crippen molar-refractivity contribution in [1.29, 1.82) is 0 Å². The van der Waals surface area contributed by atoms with Crippen LogP contribution in [-0.4, -0.2) is 39.7 Å². The predicted octanol–water partition coefficient (Wildman–Crippen LogP) is 5.10. The Bertz CT molecular complexity index is 1440. The van der Waals surface area contributed by atoms with Gasteiger partial charge >= 0.3 is 0 Å². The molecule has 0 spiro atoms. The zero-order valence-electron chi connectivity index (χ0n) is 19.5. The highest BCUT2D eigenvalue weighted by Gasteiger charge is 2.22. The quantitative estimate of drug-likeness (QED) is 0.348. The van der Waals surface area contributed by atoms with Crippen LogP contribution in [0.15, 0.2) is 71.7 Å². The molecule has 0 atom stereocenters. The fourth-order valence-corrected chi connectivity index (χ4v) is 5.15. The Hall–Kier alpha value is -3.91. The van der Waals surface area contributed by atoms with E-state index >= 15 is 0 Å². The molecule has 1 aliphatic rings. The number of thiophene rings is 1. The molecule has 8 heteroatoms. The first kappa shape index (κ1) is 21.6. The van der Waals surface area contributed by atoms with Crippen LogP contribution in [0.25, 0.3) is 16.9 Å². The molecule has 0 fully saturated rings. The zero-order valence-corrected chi connectivity index (χ0v) is 20.3. The Morgan fingerprint density at radius 1 is 1.03 bits per heavy atom. The Morgan fingerprint density at radius 3 is 2.69 bits per heavy atom. The Labute approximate surface area is 208 Å². The minimum Gasteiger partial charge on any atom is -0.497 e. The minimum atomic E-state index is 0.732. The standard InChI is InChI=1S/C27H26N6OS/c1-34-23-8-6-19(7-9-23)10-13-28-25-24-26(33(18-29-24)22-12-15-35-17-22)31-27(30-25)32-14-11-20-4-2-3-5-21(20)16-32/h2-9,12,15,17-18H,10-11,13-14,16H2,1H3,(H,28,30,31). The third-order valence-corrected chi connectivity index (χ3v) is 7.12. The largest absolute Gasteiger partial charge is 0.497 e. The van der Waals surface area contributed by atoms with Crippen molar-refractivity contribution >= 4 is 34.3 Å². The fraction of sp³-hybridized carbons (Fsp3) is 0.222. The molecule has 0 saturated heterocycles. The van der Waals surface area contributed by atoms with Gasteiger partial charge in [0.1, 0.15) is 12.1 Å². The van der Waals surface area contributed by atoms with E-state index in [2.05, 4.69) is 63.4 Å². The van der Waals surface area contributed by atoms with Gasteiger partial charge in [-0.25, -0.2) is 4.98 Å². The summed E-state index contributed by atoms with van der Waals surface area (Å²) in [6.07, 6.45) is 3.69. The van der Waals surface area contributed by atoms with Gasteiger partial charge in [-0.3, -0.25) is 4.57 Å². The lowest BCUT2D eigenvalue weighted by atomic mass is 10.0. The highest BCUT2D eigenvalue weighted by Crippen LogP contribution is 2.28. The van der Waals surface area contributed by atoms with Crippen molar-refractivity contribution in [2.75, 3.05) is 30.4 Å². The van der Waals surface area contributed by atoms with Gasteiger partial charge in [0.15, 0.2) is 17.0 Å². The van der Waals surface area contributed by atoms with Gasteiger partial charge in [0, 0.05) is 25.0 Å². The summed E-state index contributed by atoms with van der Waals surface area (Å²) in [6.45, 7) is 2.44. The first-order valence-electron chi connectivity index (χ1n) is 11.7. The van der Waals surface area contributed by atoms with Gasteiger partial charge in [0.2, 0.25) is 5.95 Å². The molecule has 4 heterocycles. The highest BCUT2D eigenvalue weighted by molar-refractivity contribution is 7.08. The monoisotopic (exact) mass is 482 g/mol. The van der Waals surface area contributed by atoms with Crippen LogP contribution < -0.4 is 15.0 Å². The maximum absolute atomic E-state index is 5.27. The summed E-state index contributed by atoms with van der Waals surface area (Å²) in [5.41, 5.74) is 6.65. The van der Waals surface area contributed by atoms with Crippen LogP contribution in [0.3, 0.4) is 0 Å². The SMILES string of the molecule is COc1ccc(CCNc2nc(N3CCc4ccccc4C3)nc3c2ncn3-c2ccsc2)cc1. The summed E-state index contributed by atoms with van der Waals surface area (Å²) in [4.78, 5) is 16.9. The summed E-state index contributed by atoms with van der Waals surface area (Å²) in [6, 6.07) is 18.9. The number of aromatic nitrogens is 4. The molecule has 0 bridgehead atoms. The van der Waals surface area contributed by atoms with Gasteiger partial charge in [0.05, 0.1) is 12.8 Å². The van der Waals surface area contributed by atoms with E-state index in [0.29, 0.717) is 0 Å². The first-order valence-corrected chi connectivity index (χ1v) is 12.7. The number of nitrogens with zero attached hydrogens (tertiary/aromatic N) is 5. The number of methoxy groups -OCH3 is 1. The molecule has 0 saturated carbocycles. The van der Waals surface area contributed by atoms with E-state index in [0.717, 1.165) is 66.8 Å². The molecule has 176 valence electrons. The fourth-order valence-electron chi connectivity index (χ4n) is 4.52. The molecule has 2 aromatic carbocycles. The van der Waals surface area contributed by atoms with Crippen molar-refractivity contribution in [3.63, 3.8) is 0 Å². The van der Waals surface area contributed by atoms with Gasteiger partial charge in [-0.1, -0.05) is 36.4 Å². The zero-order chi connectivity index (χ0) is 23.6. The number of rotatable bonds is 7. The summed E-state index contributed by atoms with van der Waals surface area (Å²) in [5.74, 6) is 2.37. The molecule has 1 N–H and O–H groups in total. The summed E-state index contributed by atoms with van der Waals surface area (Å²) >= 11 is 1.66. The van der Waals surface area contributed by atoms with E-state index in [4.69, 9.17) is 19.7 Å². The second kappa shape index (κ2) is 9.38. The van der Waals surface area contributed by atoms with Crippen LogP contribution in [0.4, 0.5) is 11.8 Å². The number of hydrogen-bond acceptors (Lipinski definition) is 7. The van der Waals surface area contributed by atoms with Gasteiger partial charge < -0.3 is 15.0 Å². The Kier molecular flexibility index (Phi) is 5.79. The third-order valence-electron chi connectivity index (χ3n) is 6.45. The molecule has 1 aliphatic heterocycles. The Morgan fingerprint density at radius 2 is 1.89 bits per heavy atom. The normalized spacial score (nSPS) is 13.1. The van der Waals surface area contributed by atoms with Crippen LogP contribution in [0.5, 0.6) is 5.75 Å². The second-order valence-corrected chi connectivity index (χ2v) is 9.39. The Balaban J connectivity index is 1.32. The van der Waals surface area contributed by atoms with Crippen molar-refractivity contribution in [2.24, 2.45) is 0 Å². The lowest BCUT2D eigenvalue weighted by Gasteiger charge is -2.29. The number of fused-ring (bicyclic) bond motifs is 2. The van der Waals surface area contributed by atoms with Crippen molar-refractivity contribution < 1.29 is 4.74 Å². The molecule has 7 nitrogen and oxygen atoms in total. The number of ether oxygens (including phenoxy) is 1. The van der Waals surface area contributed by atoms with E-state index in [1.54, 1.807) is 18.4 Å².